The van der Waals surface area contributed by atoms with Gasteiger partial charge in [0.2, 0.25) is 0 Å². The summed E-state index contributed by atoms with van der Waals surface area (Å²) in [6, 6.07) is 6.89. The van der Waals surface area contributed by atoms with Crippen LogP contribution < -0.4 is 21.0 Å². The van der Waals surface area contributed by atoms with E-state index in [2.05, 4.69) is 61.4 Å². The first-order chi connectivity index (χ1) is 14.3. The van der Waals surface area contributed by atoms with Crippen LogP contribution in [-0.2, 0) is 14.0 Å². The maximum absolute atomic E-state index is 12.2. The van der Waals surface area contributed by atoms with Crippen molar-refractivity contribution in [3.05, 3.63) is 18.2 Å². The summed E-state index contributed by atoms with van der Waals surface area (Å²) in [6.07, 6.45) is 1.46. The van der Waals surface area contributed by atoms with Crippen molar-refractivity contribution in [2.45, 2.75) is 90.2 Å². The summed E-state index contributed by atoms with van der Waals surface area (Å²) in [4.78, 5) is 14.6. The molecule has 2 unspecified atom stereocenters. The van der Waals surface area contributed by atoms with E-state index in [0.717, 1.165) is 37.1 Å². The number of hydrogen-bond acceptors (Lipinski definition) is 6. The molecule has 2 atom stereocenters. The van der Waals surface area contributed by atoms with Gasteiger partial charge in [-0.25, -0.2) is 4.79 Å². The molecule has 4 rings (SSSR count). The van der Waals surface area contributed by atoms with Crippen LogP contribution in [0.3, 0.4) is 0 Å². The molecular formula is C23H36BN3O4. The Morgan fingerprint density at radius 1 is 1.23 bits per heavy atom. The van der Waals surface area contributed by atoms with Gasteiger partial charge in [-0.2, -0.15) is 0 Å². The Kier molecular flexibility index (Phi) is 5.45. The molecule has 3 heterocycles. The van der Waals surface area contributed by atoms with E-state index in [4.69, 9.17) is 14.0 Å². The van der Waals surface area contributed by atoms with Gasteiger partial charge in [0, 0.05) is 25.2 Å². The summed E-state index contributed by atoms with van der Waals surface area (Å²) in [7, 11) is -0.362. The fraction of sp³-hybridized carbons (Fsp3) is 0.696. The molecule has 1 amide bonds. The quantitative estimate of drug-likeness (QED) is 0.704. The number of anilines is 2. The zero-order valence-electron chi connectivity index (χ0n) is 19.9. The molecule has 8 heteroatoms. The normalized spacial score (nSPS) is 26.5. The van der Waals surface area contributed by atoms with Crippen LogP contribution in [0, 0.1) is 0 Å². The van der Waals surface area contributed by atoms with Gasteiger partial charge in [-0.15, -0.1) is 0 Å². The topological polar surface area (TPSA) is 72.1 Å². The fourth-order valence-electron chi connectivity index (χ4n) is 4.47. The minimum atomic E-state index is -0.481. The number of hydrogen-bond donors (Lipinski definition) is 2. The second-order valence-electron chi connectivity index (χ2n) is 11.0. The summed E-state index contributed by atoms with van der Waals surface area (Å²) in [5.74, 6) is 0. The molecule has 0 saturated carbocycles. The highest BCUT2D eigenvalue weighted by Crippen LogP contribution is 2.38. The SMILES string of the molecule is CC(C)(C)OC(=O)NC1CCN2c3ccc(B4OC(C)(C)C(C)(C)O4)cc3NCC2C1. The van der Waals surface area contributed by atoms with Crippen LogP contribution in [0.1, 0.15) is 61.3 Å². The van der Waals surface area contributed by atoms with Crippen molar-refractivity contribution in [2.24, 2.45) is 0 Å². The highest BCUT2D eigenvalue weighted by molar-refractivity contribution is 6.62. The summed E-state index contributed by atoms with van der Waals surface area (Å²) in [5.41, 5.74) is 2.16. The van der Waals surface area contributed by atoms with Gasteiger partial charge in [-0.1, -0.05) is 6.07 Å². The molecule has 0 bridgehead atoms. The minimum absolute atomic E-state index is 0.128. The maximum Gasteiger partial charge on any atom is 0.494 e. The lowest BCUT2D eigenvalue weighted by Crippen LogP contribution is -2.54. The first kappa shape index (κ1) is 22.3. The van der Waals surface area contributed by atoms with Gasteiger partial charge in [-0.3, -0.25) is 0 Å². The molecular weight excluding hydrogens is 393 g/mol. The highest BCUT2D eigenvalue weighted by atomic mass is 16.7. The van der Waals surface area contributed by atoms with Gasteiger partial charge in [0.05, 0.1) is 22.6 Å². The number of nitrogens with one attached hydrogen (secondary N) is 2. The zero-order chi connectivity index (χ0) is 22.6. The van der Waals surface area contributed by atoms with Crippen molar-refractivity contribution in [3.8, 4) is 0 Å². The van der Waals surface area contributed by atoms with E-state index < -0.39 is 5.60 Å². The van der Waals surface area contributed by atoms with Crippen molar-refractivity contribution in [1.82, 2.24) is 5.32 Å². The number of nitrogens with zero attached hydrogens (tertiary/aromatic N) is 1. The number of rotatable bonds is 2. The molecule has 0 spiro atoms. The smallest absolute Gasteiger partial charge is 0.444 e. The van der Waals surface area contributed by atoms with Crippen molar-refractivity contribution in [3.63, 3.8) is 0 Å². The van der Waals surface area contributed by atoms with Crippen molar-refractivity contribution < 1.29 is 18.8 Å². The van der Waals surface area contributed by atoms with Gasteiger partial charge in [0.15, 0.2) is 0 Å². The maximum atomic E-state index is 12.2. The molecule has 1 aromatic rings. The third-order valence-electron chi connectivity index (χ3n) is 6.82. The lowest BCUT2D eigenvalue weighted by molar-refractivity contribution is 0.00578. The molecule has 3 aliphatic heterocycles. The third-order valence-corrected chi connectivity index (χ3v) is 6.82. The minimum Gasteiger partial charge on any atom is -0.444 e. The Labute approximate surface area is 186 Å². The second-order valence-corrected chi connectivity index (χ2v) is 11.0. The predicted octanol–water partition coefficient (Wildman–Crippen LogP) is 3.27. The van der Waals surface area contributed by atoms with Gasteiger partial charge in [0.25, 0.3) is 0 Å². The number of amides is 1. The largest absolute Gasteiger partial charge is 0.494 e. The van der Waals surface area contributed by atoms with Crippen molar-refractivity contribution in [1.29, 1.82) is 0 Å². The Bertz CT molecular complexity index is 836. The lowest BCUT2D eigenvalue weighted by atomic mass is 9.78. The molecule has 2 N–H and O–H groups in total. The lowest BCUT2D eigenvalue weighted by Gasteiger charge is -2.45. The Hall–Kier alpha value is -1.93. The average molecular weight is 429 g/mol. The Morgan fingerprint density at radius 2 is 1.90 bits per heavy atom. The number of ether oxygens (including phenoxy) is 1. The number of piperidine rings is 1. The molecule has 0 aliphatic carbocycles. The first-order valence-electron chi connectivity index (χ1n) is 11.3. The number of fused-ring (bicyclic) bond motifs is 3. The first-order valence-corrected chi connectivity index (χ1v) is 11.3. The van der Waals surface area contributed by atoms with E-state index in [-0.39, 0.29) is 30.5 Å². The van der Waals surface area contributed by atoms with Crippen LogP contribution in [0.15, 0.2) is 18.2 Å². The van der Waals surface area contributed by atoms with Crippen LogP contribution in [0.2, 0.25) is 0 Å². The van der Waals surface area contributed by atoms with Crippen LogP contribution in [0.4, 0.5) is 16.2 Å². The van der Waals surface area contributed by atoms with E-state index >= 15 is 0 Å². The fourth-order valence-corrected chi connectivity index (χ4v) is 4.47. The molecule has 2 fully saturated rings. The molecule has 3 aliphatic rings. The third kappa shape index (κ3) is 4.51. The monoisotopic (exact) mass is 429 g/mol. The van der Waals surface area contributed by atoms with E-state index in [0.29, 0.717) is 6.04 Å². The summed E-state index contributed by atoms with van der Waals surface area (Å²) >= 11 is 0. The Balaban J connectivity index is 1.42. The van der Waals surface area contributed by atoms with Crippen LogP contribution in [0.25, 0.3) is 0 Å². The summed E-state index contributed by atoms with van der Waals surface area (Å²) < 4.78 is 17.9. The highest BCUT2D eigenvalue weighted by Gasteiger charge is 2.52. The van der Waals surface area contributed by atoms with Crippen molar-refractivity contribution in [2.75, 3.05) is 23.3 Å². The predicted molar refractivity (Wildman–Crippen MR) is 124 cm³/mol. The van der Waals surface area contributed by atoms with Gasteiger partial charge in [0.1, 0.15) is 5.60 Å². The van der Waals surface area contributed by atoms with Crippen LogP contribution in [-0.4, -0.2) is 55.2 Å². The molecule has 0 aromatic heterocycles. The van der Waals surface area contributed by atoms with E-state index in [9.17, 15) is 4.79 Å². The second kappa shape index (κ2) is 7.59. The van der Waals surface area contributed by atoms with E-state index in [1.54, 1.807) is 0 Å². The van der Waals surface area contributed by atoms with Crippen LogP contribution in [0.5, 0.6) is 0 Å². The molecule has 2 saturated heterocycles. The number of carbonyl (C=O) groups is 1. The summed E-state index contributed by atoms with van der Waals surface area (Å²) in [5, 5.41) is 6.63. The molecule has 31 heavy (non-hydrogen) atoms. The van der Waals surface area contributed by atoms with Crippen LogP contribution >= 0.6 is 0 Å². The van der Waals surface area contributed by atoms with Gasteiger partial charge in [-0.05, 0) is 78.9 Å². The molecule has 170 valence electrons. The van der Waals surface area contributed by atoms with E-state index in [1.165, 1.54) is 5.69 Å². The number of carbonyl (C=O) groups excluding carboxylic acids is 1. The number of benzene rings is 1. The molecule has 0 radical (unpaired) electrons. The Morgan fingerprint density at radius 3 is 2.55 bits per heavy atom. The zero-order valence-corrected chi connectivity index (χ0v) is 19.9. The molecule has 1 aromatic carbocycles. The summed E-state index contributed by atoms with van der Waals surface area (Å²) in [6.45, 7) is 15.7. The van der Waals surface area contributed by atoms with Gasteiger partial charge < -0.3 is 29.6 Å². The van der Waals surface area contributed by atoms with Gasteiger partial charge >= 0.3 is 13.2 Å². The average Bonchev–Trinajstić information content (AvgIpc) is 2.86. The van der Waals surface area contributed by atoms with Crippen molar-refractivity contribution >= 4 is 30.0 Å². The molecule has 7 nitrogen and oxygen atoms in total. The number of alkyl carbamates (subject to hydrolysis) is 1. The standard InChI is InChI=1S/C23H36BN3O4/c1-21(2,3)29-20(28)26-16-10-11-27-17(13-16)14-25-18-12-15(8-9-19(18)27)24-30-22(4,5)23(6,7)31-24/h8-9,12,16-17,25H,10-11,13-14H2,1-7H3,(H,26,28). The van der Waals surface area contributed by atoms with E-state index in [1.807, 2.05) is 20.8 Å².